The molecule has 64 valence electrons. The van der Waals surface area contributed by atoms with E-state index in [4.69, 9.17) is 0 Å². The Kier molecular flexibility index (Phi) is 2.08. The Bertz CT molecular complexity index is 180. The van der Waals surface area contributed by atoms with Crippen LogP contribution in [0.15, 0.2) is 0 Å². The molecule has 1 aliphatic rings. The van der Waals surface area contributed by atoms with E-state index in [0.29, 0.717) is 5.12 Å². The zero-order chi connectivity index (χ0) is 8.70. The summed E-state index contributed by atoms with van der Waals surface area (Å²) in [6.07, 6.45) is 1.04. The summed E-state index contributed by atoms with van der Waals surface area (Å²) < 4.78 is 0. The molecule has 0 N–H and O–H groups in total. The Morgan fingerprint density at radius 2 is 2.00 bits per heavy atom. The Morgan fingerprint density at radius 1 is 1.45 bits per heavy atom. The molecule has 0 aromatic heterocycles. The molecule has 1 aliphatic heterocycles. The fraction of sp³-hybridized carbons (Fsp3) is 0.889. The number of thioether (sulfide) groups is 1. The molecule has 0 aromatic carbocycles. The fourth-order valence-electron chi connectivity index (χ4n) is 1.29. The molecule has 1 heterocycles. The molecule has 1 unspecified atom stereocenters. The van der Waals surface area contributed by atoms with Crippen molar-refractivity contribution in [2.24, 2.45) is 10.8 Å². The van der Waals surface area contributed by atoms with Gasteiger partial charge in [0.1, 0.15) is 0 Å². The molecule has 0 aromatic rings. The lowest BCUT2D eigenvalue weighted by Crippen LogP contribution is -2.35. The van der Waals surface area contributed by atoms with Gasteiger partial charge in [0.2, 0.25) is 0 Å². The molecule has 1 fully saturated rings. The van der Waals surface area contributed by atoms with Gasteiger partial charge < -0.3 is 0 Å². The van der Waals surface area contributed by atoms with Gasteiger partial charge in [0, 0.05) is 11.2 Å². The Labute approximate surface area is 72.9 Å². The Morgan fingerprint density at radius 3 is 2.18 bits per heavy atom. The lowest BCUT2D eigenvalue weighted by atomic mass is 9.67. The molecule has 1 atom stereocenters. The van der Waals surface area contributed by atoms with Crippen LogP contribution in [0, 0.1) is 10.8 Å². The summed E-state index contributed by atoms with van der Waals surface area (Å²) in [7, 11) is 0. The molecule has 1 nitrogen and oxygen atoms in total. The lowest BCUT2D eigenvalue weighted by Gasteiger charge is -2.36. The highest BCUT2D eigenvalue weighted by molar-refractivity contribution is 8.14. The monoisotopic (exact) mass is 172 g/mol. The minimum atomic E-state index is -0.0856. The smallest absolute Gasteiger partial charge is 0.195 e. The van der Waals surface area contributed by atoms with Crippen molar-refractivity contribution in [3.05, 3.63) is 0 Å². The van der Waals surface area contributed by atoms with Crippen molar-refractivity contribution in [3.63, 3.8) is 0 Å². The van der Waals surface area contributed by atoms with Crippen LogP contribution in [-0.2, 0) is 4.79 Å². The Hall–Kier alpha value is 0.0200. The predicted octanol–water partition coefficient (Wildman–Crippen LogP) is 2.70. The number of rotatable bonds is 0. The van der Waals surface area contributed by atoms with Gasteiger partial charge in [-0.25, -0.2) is 0 Å². The Balaban J connectivity index is 2.90. The first-order valence-electron chi connectivity index (χ1n) is 4.05. The number of hydrogen-bond donors (Lipinski definition) is 0. The van der Waals surface area contributed by atoms with Gasteiger partial charge in [-0.1, -0.05) is 39.5 Å². The highest BCUT2D eigenvalue weighted by Gasteiger charge is 2.47. The quantitative estimate of drug-likeness (QED) is 0.559. The highest BCUT2D eigenvalue weighted by Crippen LogP contribution is 2.49. The maximum absolute atomic E-state index is 11.5. The van der Waals surface area contributed by atoms with Crippen LogP contribution in [0.1, 0.15) is 34.1 Å². The van der Waals surface area contributed by atoms with Crippen LogP contribution in [0.4, 0.5) is 0 Å². The highest BCUT2D eigenvalue weighted by atomic mass is 32.2. The summed E-state index contributed by atoms with van der Waals surface area (Å²) in [6, 6.07) is 0. The molecular weight excluding hydrogens is 156 g/mol. The number of carbonyl (C=O) groups is 1. The topological polar surface area (TPSA) is 17.1 Å². The van der Waals surface area contributed by atoms with Crippen LogP contribution in [0.3, 0.4) is 0 Å². The van der Waals surface area contributed by atoms with Gasteiger partial charge in [-0.2, -0.15) is 0 Å². The van der Waals surface area contributed by atoms with Gasteiger partial charge in [0.25, 0.3) is 0 Å². The fourth-order valence-corrected chi connectivity index (χ4v) is 2.71. The van der Waals surface area contributed by atoms with E-state index < -0.39 is 0 Å². The number of hydrogen-bond acceptors (Lipinski definition) is 2. The van der Waals surface area contributed by atoms with E-state index in [1.807, 2.05) is 0 Å². The molecule has 0 aliphatic carbocycles. The van der Waals surface area contributed by atoms with Gasteiger partial charge in [-0.05, 0) is 11.8 Å². The minimum absolute atomic E-state index is 0.0856. The second-order valence-corrected chi connectivity index (χ2v) is 5.54. The minimum Gasteiger partial charge on any atom is -0.287 e. The third-order valence-corrected chi connectivity index (χ3v) is 4.06. The molecule has 0 radical (unpaired) electrons. The van der Waals surface area contributed by atoms with Crippen molar-refractivity contribution >= 4 is 16.9 Å². The van der Waals surface area contributed by atoms with Gasteiger partial charge in [0.15, 0.2) is 5.12 Å². The molecule has 1 rings (SSSR count). The van der Waals surface area contributed by atoms with E-state index in [9.17, 15) is 4.79 Å². The summed E-state index contributed by atoms with van der Waals surface area (Å²) in [6.45, 7) is 8.54. The largest absolute Gasteiger partial charge is 0.287 e. The van der Waals surface area contributed by atoms with Gasteiger partial charge in [-0.15, -0.1) is 0 Å². The third kappa shape index (κ3) is 1.33. The number of carbonyl (C=O) groups excluding carboxylic acids is 1. The SMILES string of the molecule is CC(C)(C)C1(C)CCSC1=O. The van der Waals surface area contributed by atoms with Crippen LogP contribution in [0.2, 0.25) is 0 Å². The van der Waals surface area contributed by atoms with Crippen LogP contribution in [0.25, 0.3) is 0 Å². The van der Waals surface area contributed by atoms with E-state index >= 15 is 0 Å². The van der Waals surface area contributed by atoms with Crippen molar-refractivity contribution in [1.29, 1.82) is 0 Å². The first kappa shape index (κ1) is 9.11. The van der Waals surface area contributed by atoms with Gasteiger partial charge in [-0.3, -0.25) is 4.79 Å². The first-order chi connectivity index (χ1) is 4.88. The van der Waals surface area contributed by atoms with E-state index in [2.05, 4.69) is 27.7 Å². The predicted molar refractivity (Wildman–Crippen MR) is 49.6 cm³/mol. The maximum Gasteiger partial charge on any atom is 0.195 e. The molecule has 2 heteroatoms. The van der Waals surface area contributed by atoms with E-state index in [0.717, 1.165) is 12.2 Å². The van der Waals surface area contributed by atoms with E-state index in [-0.39, 0.29) is 10.8 Å². The van der Waals surface area contributed by atoms with Crippen LogP contribution in [0.5, 0.6) is 0 Å². The molecule has 0 spiro atoms. The average molecular weight is 172 g/mol. The second kappa shape index (κ2) is 2.51. The average Bonchev–Trinajstić information content (AvgIpc) is 2.12. The molecular formula is C9H16OS. The molecule has 1 saturated heterocycles. The van der Waals surface area contributed by atoms with Crippen molar-refractivity contribution in [2.45, 2.75) is 34.1 Å². The zero-order valence-corrected chi connectivity index (χ0v) is 8.55. The van der Waals surface area contributed by atoms with Gasteiger partial charge >= 0.3 is 0 Å². The van der Waals surface area contributed by atoms with Crippen molar-refractivity contribution in [3.8, 4) is 0 Å². The zero-order valence-electron chi connectivity index (χ0n) is 7.73. The van der Waals surface area contributed by atoms with Crippen LogP contribution >= 0.6 is 11.8 Å². The molecule has 11 heavy (non-hydrogen) atoms. The van der Waals surface area contributed by atoms with Crippen LogP contribution in [-0.4, -0.2) is 10.9 Å². The molecule has 0 bridgehead atoms. The standard InChI is InChI=1S/C9H16OS/c1-8(2,3)9(4)5-6-11-7(9)10/h5-6H2,1-4H3. The summed E-state index contributed by atoms with van der Waals surface area (Å²) in [5.41, 5.74) is 0.0330. The van der Waals surface area contributed by atoms with E-state index in [1.165, 1.54) is 11.8 Å². The molecule has 0 saturated carbocycles. The summed E-state index contributed by atoms with van der Waals surface area (Å²) in [5, 5.41) is 0.380. The van der Waals surface area contributed by atoms with Crippen molar-refractivity contribution in [1.82, 2.24) is 0 Å². The molecule has 0 amide bonds. The first-order valence-corrected chi connectivity index (χ1v) is 5.04. The maximum atomic E-state index is 11.5. The van der Waals surface area contributed by atoms with E-state index in [1.54, 1.807) is 0 Å². The normalized spacial score (nSPS) is 32.9. The summed E-state index contributed by atoms with van der Waals surface area (Å²) >= 11 is 1.49. The summed E-state index contributed by atoms with van der Waals surface area (Å²) in [5.74, 6) is 1.01. The lowest BCUT2D eigenvalue weighted by molar-refractivity contribution is -0.123. The van der Waals surface area contributed by atoms with Crippen LogP contribution < -0.4 is 0 Å². The van der Waals surface area contributed by atoms with Crippen molar-refractivity contribution in [2.75, 3.05) is 5.75 Å². The van der Waals surface area contributed by atoms with Gasteiger partial charge in [0.05, 0.1) is 0 Å². The third-order valence-electron chi connectivity index (χ3n) is 2.94. The van der Waals surface area contributed by atoms with Crippen molar-refractivity contribution < 1.29 is 4.79 Å². The second-order valence-electron chi connectivity index (χ2n) is 4.47. The summed E-state index contributed by atoms with van der Waals surface area (Å²) in [4.78, 5) is 11.5.